The van der Waals surface area contributed by atoms with Crippen molar-refractivity contribution in [2.45, 2.75) is 25.4 Å². The number of likely N-dealkylation sites (tertiary alicyclic amines) is 1. The van der Waals surface area contributed by atoms with Crippen LogP contribution in [0, 0.1) is 0 Å². The molecular formula is C13H17N. The Morgan fingerprint density at radius 1 is 1.36 bits per heavy atom. The molecular weight excluding hydrogens is 170 g/mol. The van der Waals surface area contributed by atoms with Crippen LogP contribution in [-0.2, 0) is 6.54 Å². The van der Waals surface area contributed by atoms with Crippen LogP contribution >= 0.6 is 0 Å². The average molecular weight is 187 g/mol. The predicted molar refractivity (Wildman–Crippen MR) is 60.1 cm³/mol. The average Bonchev–Trinajstić information content (AvgIpc) is 2.67. The summed E-state index contributed by atoms with van der Waals surface area (Å²) in [6.45, 7) is 6.17. The molecule has 0 bridgehead atoms. The predicted octanol–water partition coefficient (Wildman–Crippen LogP) is 2.84. The molecule has 0 saturated carbocycles. The highest BCUT2D eigenvalue weighted by Gasteiger charge is 2.21. The van der Waals surface area contributed by atoms with Gasteiger partial charge >= 0.3 is 0 Å². The van der Waals surface area contributed by atoms with Gasteiger partial charge in [0.1, 0.15) is 0 Å². The van der Waals surface area contributed by atoms with E-state index in [2.05, 4.69) is 47.9 Å². The lowest BCUT2D eigenvalue weighted by Crippen LogP contribution is -2.26. The van der Waals surface area contributed by atoms with Crippen LogP contribution in [-0.4, -0.2) is 17.5 Å². The minimum atomic E-state index is 0.593. The second-order valence-electron chi connectivity index (χ2n) is 3.90. The number of nitrogens with zero attached hydrogens (tertiary/aromatic N) is 1. The minimum absolute atomic E-state index is 0.593. The lowest BCUT2D eigenvalue weighted by Gasteiger charge is -2.21. The highest BCUT2D eigenvalue weighted by atomic mass is 15.2. The SMILES string of the molecule is C=C[C@@H]1CCCN1Cc1ccccc1. The van der Waals surface area contributed by atoms with Gasteiger partial charge in [0.05, 0.1) is 0 Å². The molecule has 0 N–H and O–H groups in total. The zero-order chi connectivity index (χ0) is 9.80. The van der Waals surface area contributed by atoms with Crippen LogP contribution in [0.3, 0.4) is 0 Å². The van der Waals surface area contributed by atoms with E-state index in [4.69, 9.17) is 0 Å². The first kappa shape index (κ1) is 9.47. The molecule has 0 radical (unpaired) electrons. The van der Waals surface area contributed by atoms with E-state index in [0.717, 1.165) is 6.54 Å². The molecule has 1 heteroatoms. The van der Waals surface area contributed by atoms with E-state index in [0.29, 0.717) is 6.04 Å². The Hall–Kier alpha value is -1.08. The van der Waals surface area contributed by atoms with Crippen molar-refractivity contribution >= 4 is 0 Å². The van der Waals surface area contributed by atoms with E-state index in [1.807, 2.05) is 0 Å². The van der Waals surface area contributed by atoms with E-state index in [-0.39, 0.29) is 0 Å². The van der Waals surface area contributed by atoms with Crippen LogP contribution in [0.1, 0.15) is 18.4 Å². The summed E-state index contributed by atoms with van der Waals surface area (Å²) in [5, 5.41) is 0. The molecule has 1 aliphatic rings. The normalized spacial score (nSPS) is 22.4. The van der Waals surface area contributed by atoms with Crippen molar-refractivity contribution < 1.29 is 0 Å². The van der Waals surface area contributed by atoms with Crippen molar-refractivity contribution in [3.8, 4) is 0 Å². The largest absolute Gasteiger partial charge is 0.293 e. The van der Waals surface area contributed by atoms with E-state index >= 15 is 0 Å². The first-order valence-electron chi connectivity index (χ1n) is 5.30. The highest BCUT2D eigenvalue weighted by molar-refractivity contribution is 5.15. The maximum atomic E-state index is 3.89. The number of rotatable bonds is 3. The first-order valence-corrected chi connectivity index (χ1v) is 5.30. The standard InChI is InChI=1S/C13H17N/c1-2-13-9-6-10-14(13)11-12-7-4-3-5-8-12/h2-5,7-8,13H,1,6,9-11H2/t13-/m1/s1. The van der Waals surface area contributed by atoms with Crippen LogP contribution < -0.4 is 0 Å². The van der Waals surface area contributed by atoms with Crippen LogP contribution in [0.15, 0.2) is 43.0 Å². The van der Waals surface area contributed by atoms with Crippen LogP contribution in [0.25, 0.3) is 0 Å². The van der Waals surface area contributed by atoms with Crippen molar-refractivity contribution in [3.63, 3.8) is 0 Å². The van der Waals surface area contributed by atoms with Crippen molar-refractivity contribution in [1.82, 2.24) is 4.90 Å². The Morgan fingerprint density at radius 2 is 2.14 bits per heavy atom. The molecule has 1 saturated heterocycles. The summed E-state index contributed by atoms with van der Waals surface area (Å²) in [6.07, 6.45) is 4.66. The van der Waals surface area contributed by atoms with Gasteiger partial charge in [-0.25, -0.2) is 0 Å². The van der Waals surface area contributed by atoms with Crippen molar-refractivity contribution in [2.24, 2.45) is 0 Å². The topological polar surface area (TPSA) is 3.24 Å². The molecule has 0 unspecified atom stereocenters. The highest BCUT2D eigenvalue weighted by Crippen LogP contribution is 2.20. The summed E-state index contributed by atoms with van der Waals surface area (Å²) < 4.78 is 0. The fraction of sp³-hybridized carbons (Fsp3) is 0.385. The molecule has 0 amide bonds. The first-order chi connectivity index (χ1) is 6.90. The maximum Gasteiger partial charge on any atom is 0.0279 e. The van der Waals surface area contributed by atoms with E-state index in [9.17, 15) is 0 Å². The Morgan fingerprint density at radius 3 is 2.86 bits per heavy atom. The van der Waals surface area contributed by atoms with Gasteiger partial charge in [0, 0.05) is 12.6 Å². The fourth-order valence-corrected chi connectivity index (χ4v) is 2.13. The van der Waals surface area contributed by atoms with Crippen molar-refractivity contribution in [3.05, 3.63) is 48.6 Å². The molecule has 1 nitrogen and oxygen atoms in total. The fourth-order valence-electron chi connectivity index (χ4n) is 2.13. The van der Waals surface area contributed by atoms with Gasteiger partial charge in [0.2, 0.25) is 0 Å². The molecule has 0 aliphatic carbocycles. The number of hydrogen-bond acceptors (Lipinski definition) is 1. The molecule has 2 rings (SSSR count). The van der Waals surface area contributed by atoms with Gasteiger partial charge in [-0.1, -0.05) is 36.4 Å². The van der Waals surface area contributed by atoms with Gasteiger partial charge in [-0.3, -0.25) is 4.90 Å². The van der Waals surface area contributed by atoms with Crippen molar-refractivity contribution in [1.29, 1.82) is 0 Å². The smallest absolute Gasteiger partial charge is 0.0279 e. The summed E-state index contributed by atoms with van der Waals surface area (Å²) in [4.78, 5) is 2.50. The second kappa shape index (κ2) is 4.43. The molecule has 0 aromatic heterocycles. The molecule has 0 spiro atoms. The van der Waals surface area contributed by atoms with Crippen LogP contribution in [0.5, 0.6) is 0 Å². The van der Waals surface area contributed by atoms with Gasteiger partial charge in [0.25, 0.3) is 0 Å². The van der Waals surface area contributed by atoms with E-state index in [1.165, 1.54) is 24.9 Å². The molecule has 74 valence electrons. The van der Waals surface area contributed by atoms with Crippen molar-refractivity contribution in [2.75, 3.05) is 6.54 Å². The molecule has 1 aliphatic heterocycles. The van der Waals surface area contributed by atoms with Crippen LogP contribution in [0.4, 0.5) is 0 Å². The Balaban J connectivity index is 2.00. The van der Waals surface area contributed by atoms with Gasteiger partial charge in [-0.15, -0.1) is 6.58 Å². The van der Waals surface area contributed by atoms with Gasteiger partial charge in [-0.05, 0) is 24.9 Å². The molecule has 14 heavy (non-hydrogen) atoms. The molecule has 1 atom stereocenters. The molecule has 1 heterocycles. The summed E-state index contributed by atoms with van der Waals surface area (Å²) in [7, 11) is 0. The molecule has 1 aromatic carbocycles. The molecule has 1 aromatic rings. The van der Waals surface area contributed by atoms with Gasteiger partial charge in [0.15, 0.2) is 0 Å². The lowest BCUT2D eigenvalue weighted by molar-refractivity contribution is 0.282. The zero-order valence-corrected chi connectivity index (χ0v) is 8.52. The molecule has 1 fully saturated rings. The van der Waals surface area contributed by atoms with E-state index in [1.54, 1.807) is 0 Å². The Kier molecular flexibility index (Phi) is 3.00. The summed E-state index contributed by atoms with van der Waals surface area (Å²) >= 11 is 0. The second-order valence-corrected chi connectivity index (χ2v) is 3.90. The summed E-state index contributed by atoms with van der Waals surface area (Å²) in [5.74, 6) is 0. The Bertz CT molecular complexity index is 291. The third-order valence-electron chi connectivity index (χ3n) is 2.91. The quantitative estimate of drug-likeness (QED) is 0.658. The number of hydrogen-bond donors (Lipinski definition) is 0. The van der Waals surface area contributed by atoms with Gasteiger partial charge in [-0.2, -0.15) is 0 Å². The summed E-state index contributed by atoms with van der Waals surface area (Å²) in [6, 6.07) is 11.3. The summed E-state index contributed by atoms with van der Waals surface area (Å²) in [5.41, 5.74) is 1.40. The minimum Gasteiger partial charge on any atom is -0.293 e. The maximum absolute atomic E-state index is 3.89. The lowest BCUT2D eigenvalue weighted by atomic mass is 10.2. The monoisotopic (exact) mass is 187 g/mol. The van der Waals surface area contributed by atoms with Gasteiger partial charge < -0.3 is 0 Å². The third-order valence-corrected chi connectivity index (χ3v) is 2.91. The number of benzene rings is 1. The van der Waals surface area contributed by atoms with Crippen LogP contribution in [0.2, 0.25) is 0 Å². The Labute approximate surface area is 86.1 Å². The third kappa shape index (κ3) is 2.05. The zero-order valence-electron chi connectivity index (χ0n) is 8.52. The van der Waals surface area contributed by atoms with E-state index < -0.39 is 0 Å².